The maximum Gasteiger partial charge on any atom is 0.251 e. The molecule has 0 amide bonds. The second-order valence-corrected chi connectivity index (χ2v) is 3.45. The third-order valence-corrected chi connectivity index (χ3v) is 2.13. The van der Waals surface area contributed by atoms with E-state index in [1.807, 2.05) is 6.92 Å². The minimum absolute atomic E-state index is 0.141. The smallest absolute Gasteiger partial charge is 0.251 e. The van der Waals surface area contributed by atoms with Gasteiger partial charge in [-0.25, -0.2) is 15.0 Å². The molecule has 2 aromatic rings. The number of hydrogen-bond acceptors (Lipinski definition) is 4. The molecule has 82 valence electrons. The monoisotopic (exact) mass is 216 g/mol. The summed E-state index contributed by atoms with van der Waals surface area (Å²) in [5.41, 5.74) is 1.23. The minimum atomic E-state index is -0.141. The molecule has 0 aliphatic carbocycles. The van der Waals surface area contributed by atoms with Crippen LogP contribution in [0.5, 0.6) is 0 Å². The summed E-state index contributed by atoms with van der Waals surface area (Å²) in [6.07, 6.45) is 6.44. The second kappa shape index (κ2) is 4.65. The minimum Gasteiger partial charge on any atom is -0.311 e. The van der Waals surface area contributed by atoms with E-state index in [1.165, 1.54) is 12.4 Å². The summed E-state index contributed by atoms with van der Waals surface area (Å²) in [6, 6.07) is 1.46. The Morgan fingerprint density at radius 1 is 1.31 bits per heavy atom. The molecule has 5 heteroatoms. The summed E-state index contributed by atoms with van der Waals surface area (Å²) < 4.78 is 0. The van der Waals surface area contributed by atoms with E-state index in [2.05, 4.69) is 19.9 Å². The average molecular weight is 216 g/mol. The lowest BCUT2D eigenvalue weighted by molar-refractivity contribution is 0.827. The SMILES string of the molecule is CCCc1nc(-c2cncnc2)cc(=O)[nH]1. The van der Waals surface area contributed by atoms with Crippen LogP contribution in [0.25, 0.3) is 11.3 Å². The van der Waals surface area contributed by atoms with Crippen molar-refractivity contribution in [2.75, 3.05) is 0 Å². The summed E-state index contributed by atoms with van der Waals surface area (Å²) in [6.45, 7) is 2.04. The molecule has 0 bridgehead atoms. The number of hydrogen-bond donors (Lipinski definition) is 1. The van der Waals surface area contributed by atoms with Gasteiger partial charge in [-0.15, -0.1) is 0 Å². The number of nitrogens with one attached hydrogen (secondary N) is 1. The van der Waals surface area contributed by atoms with Crippen LogP contribution in [-0.4, -0.2) is 19.9 Å². The molecule has 0 unspecified atom stereocenters. The van der Waals surface area contributed by atoms with Crippen LogP contribution in [0.2, 0.25) is 0 Å². The molecule has 0 radical (unpaired) electrons. The highest BCUT2D eigenvalue weighted by atomic mass is 16.1. The molecule has 0 atom stereocenters. The van der Waals surface area contributed by atoms with Crippen molar-refractivity contribution in [3.63, 3.8) is 0 Å². The van der Waals surface area contributed by atoms with Gasteiger partial charge in [0.25, 0.3) is 5.56 Å². The molecule has 2 heterocycles. The molecule has 2 rings (SSSR count). The number of aryl methyl sites for hydroxylation is 1. The topological polar surface area (TPSA) is 71.5 Å². The van der Waals surface area contributed by atoms with Gasteiger partial charge in [0, 0.05) is 30.4 Å². The Kier molecular flexibility index (Phi) is 3.05. The van der Waals surface area contributed by atoms with E-state index in [0.29, 0.717) is 11.5 Å². The fourth-order valence-electron chi connectivity index (χ4n) is 1.44. The van der Waals surface area contributed by atoms with Crippen molar-refractivity contribution in [3.8, 4) is 11.3 Å². The average Bonchev–Trinajstić information content (AvgIpc) is 2.30. The zero-order valence-electron chi connectivity index (χ0n) is 8.97. The summed E-state index contributed by atoms with van der Waals surface area (Å²) in [5.74, 6) is 0.703. The van der Waals surface area contributed by atoms with Crippen molar-refractivity contribution in [2.24, 2.45) is 0 Å². The first-order valence-corrected chi connectivity index (χ1v) is 5.15. The Morgan fingerprint density at radius 2 is 2.06 bits per heavy atom. The number of aromatic nitrogens is 4. The molecule has 0 aliphatic heterocycles. The van der Waals surface area contributed by atoms with Crippen molar-refractivity contribution >= 4 is 0 Å². The van der Waals surface area contributed by atoms with Crippen molar-refractivity contribution in [1.29, 1.82) is 0 Å². The Morgan fingerprint density at radius 3 is 2.75 bits per heavy atom. The lowest BCUT2D eigenvalue weighted by atomic mass is 10.2. The summed E-state index contributed by atoms with van der Waals surface area (Å²) in [7, 11) is 0. The van der Waals surface area contributed by atoms with Gasteiger partial charge in [-0.2, -0.15) is 0 Å². The van der Waals surface area contributed by atoms with Gasteiger partial charge in [0.15, 0.2) is 0 Å². The Bertz CT molecular complexity index is 521. The molecular weight excluding hydrogens is 204 g/mol. The molecular formula is C11H12N4O. The molecule has 16 heavy (non-hydrogen) atoms. The van der Waals surface area contributed by atoms with Crippen LogP contribution < -0.4 is 5.56 Å². The van der Waals surface area contributed by atoms with Crippen LogP contribution in [0.1, 0.15) is 19.2 Å². The number of aromatic amines is 1. The lowest BCUT2D eigenvalue weighted by Gasteiger charge is -2.02. The van der Waals surface area contributed by atoms with E-state index in [9.17, 15) is 4.79 Å². The third kappa shape index (κ3) is 2.31. The summed E-state index contributed by atoms with van der Waals surface area (Å²) in [4.78, 5) is 26.3. The predicted octanol–water partition coefficient (Wildman–Crippen LogP) is 1.18. The van der Waals surface area contributed by atoms with Gasteiger partial charge in [-0.3, -0.25) is 4.79 Å². The first-order chi connectivity index (χ1) is 7.79. The van der Waals surface area contributed by atoms with Crippen LogP contribution >= 0.6 is 0 Å². The van der Waals surface area contributed by atoms with Gasteiger partial charge in [-0.05, 0) is 6.42 Å². The van der Waals surface area contributed by atoms with Crippen LogP contribution in [-0.2, 0) is 6.42 Å². The highest BCUT2D eigenvalue weighted by Gasteiger charge is 2.03. The van der Waals surface area contributed by atoms with Crippen molar-refractivity contribution in [1.82, 2.24) is 19.9 Å². The van der Waals surface area contributed by atoms with E-state index in [1.54, 1.807) is 12.4 Å². The van der Waals surface area contributed by atoms with E-state index in [4.69, 9.17) is 0 Å². The fraction of sp³-hybridized carbons (Fsp3) is 0.273. The Hall–Kier alpha value is -2.04. The van der Waals surface area contributed by atoms with E-state index >= 15 is 0 Å². The Labute approximate surface area is 92.6 Å². The van der Waals surface area contributed by atoms with E-state index < -0.39 is 0 Å². The highest BCUT2D eigenvalue weighted by molar-refractivity contribution is 5.55. The van der Waals surface area contributed by atoms with Gasteiger partial charge in [-0.1, -0.05) is 6.92 Å². The van der Waals surface area contributed by atoms with Gasteiger partial charge in [0.05, 0.1) is 5.69 Å². The normalized spacial score (nSPS) is 10.3. The molecule has 5 nitrogen and oxygen atoms in total. The van der Waals surface area contributed by atoms with Crippen LogP contribution in [0, 0.1) is 0 Å². The molecule has 1 N–H and O–H groups in total. The van der Waals surface area contributed by atoms with E-state index in [-0.39, 0.29) is 5.56 Å². The zero-order chi connectivity index (χ0) is 11.4. The maximum atomic E-state index is 11.4. The van der Waals surface area contributed by atoms with E-state index in [0.717, 1.165) is 18.4 Å². The van der Waals surface area contributed by atoms with Crippen LogP contribution in [0.3, 0.4) is 0 Å². The van der Waals surface area contributed by atoms with Crippen LogP contribution in [0.4, 0.5) is 0 Å². The van der Waals surface area contributed by atoms with Crippen LogP contribution in [0.15, 0.2) is 29.6 Å². The zero-order valence-corrected chi connectivity index (χ0v) is 8.97. The first-order valence-electron chi connectivity index (χ1n) is 5.15. The molecule has 0 aliphatic rings. The molecule has 0 aromatic carbocycles. The summed E-state index contributed by atoms with van der Waals surface area (Å²) in [5, 5.41) is 0. The molecule has 0 saturated carbocycles. The highest BCUT2D eigenvalue weighted by Crippen LogP contribution is 2.11. The van der Waals surface area contributed by atoms with Gasteiger partial charge >= 0.3 is 0 Å². The molecule has 0 fully saturated rings. The molecule has 0 saturated heterocycles. The standard InChI is InChI=1S/C11H12N4O/c1-2-3-10-14-9(4-11(16)15-10)8-5-12-7-13-6-8/h4-7H,2-3H2,1H3,(H,14,15,16). The molecule has 0 spiro atoms. The predicted molar refractivity (Wildman–Crippen MR) is 59.9 cm³/mol. The largest absolute Gasteiger partial charge is 0.311 e. The van der Waals surface area contributed by atoms with Gasteiger partial charge < -0.3 is 4.98 Å². The third-order valence-electron chi connectivity index (χ3n) is 2.13. The van der Waals surface area contributed by atoms with Gasteiger partial charge in [0.1, 0.15) is 12.2 Å². The van der Waals surface area contributed by atoms with Crippen molar-refractivity contribution in [3.05, 3.63) is 41.0 Å². The number of H-pyrrole nitrogens is 1. The fourth-order valence-corrected chi connectivity index (χ4v) is 1.44. The van der Waals surface area contributed by atoms with Gasteiger partial charge in [0.2, 0.25) is 0 Å². The maximum absolute atomic E-state index is 11.4. The number of rotatable bonds is 3. The lowest BCUT2D eigenvalue weighted by Crippen LogP contribution is -2.11. The molecule has 2 aromatic heterocycles. The second-order valence-electron chi connectivity index (χ2n) is 3.45. The number of nitrogens with zero attached hydrogens (tertiary/aromatic N) is 3. The summed E-state index contributed by atoms with van der Waals surface area (Å²) >= 11 is 0. The Balaban J connectivity index is 2.45. The quantitative estimate of drug-likeness (QED) is 0.836. The van der Waals surface area contributed by atoms with Crippen molar-refractivity contribution < 1.29 is 0 Å². The van der Waals surface area contributed by atoms with Crippen molar-refractivity contribution in [2.45, 2.75) is 19.8 Å². The first kappa shape index (κ1) is 10.5.